The predicted molar refractivity (Wildman–Crippen MR) is 133 cm³/mol. The average Bonchev–Trinajstić information content (AvgIpc) is 3.54. The van der Waals surface area contributed by atoms with Crippen LogP contribution in [0.3, 0.4) is 0 Å². The van der Waals surface area contributed by atoms with Gasteiger partial charge in [0.15, 0.2) is 11.6 Å². The third kappa shape index (κ3) is 4.77. The summed E-state index contributed by atoms with van der Waals surface area (Å²) in [5, 5.41) is 4.87. The van der Waals surface area contributed by atoms with Crippen molar-refractivity contribution in [2.75, 3.05) is 31.9 Å². The molecule has 0 radical (unpaired) electrons. The van der Waals surface area contributed by atoms with Crippen LogP contribution in [0.2, 0.25) is 0 Å². The number of nitrogen functional groups attached to an aromatic ring is 1. The van der Waals surface area contributed by atoms with Crippen molar-refractivity contribution in [2.45, 2.75) is 77.6 Å². The van der Waals surface area contributed by atoms with Crippen LogP contribution >= 0.6 is 0 Å². The standard InChI is InChI=1S/C26H38F2N6O/c1-15(2)32-5-7-33(8-6-32)22-11-17-9-18(22)10-20(17)23-13-21(31-34(23)16(3)4)19-12-24(35-26(27)28)25(29)30-14-19/h12-18,20,22,26H,5-11H2,1-4H3,(H2,29,30)/t17-,18?,20?,22?/m0/s1. The van der Waals surface area contributed by atoms with Crippen LogP contribution in [0.4, 0.5) is 14.6 Å². The number of alkyl halides is 2. The van der Waals surface area contributed by atoms with Crippen molar-refractivity contribution in [3.8, 4) is 17.0 Å². The molecular weight excluding hydrogens is 450 g/mol. The fourth-order valence-electron chi connectivity index (χ4n) is 6.67. The van der Waals surface area contributed by atoms with Gasteiger partial charge in [0.1, 0.15) is 0 Å². The van der Waals surface area contributed by atoms with Crippen LogP contribution in [0.5, 0.6) is 5.75 Å². The smallest absolute Gasteiger partial charge is 0.387 e. The summed E-state index contributed by atoms with van der Waals surface area (Å²) in [6.07, 6.45) is 5.31. The van der Waals surface area contributed by atoms with Gasteiger partial charge in [-0.1, -0.05) is 0 Å². The second-order valence-electron chi connectivity index (χ2n) is 11.0. The van der Waals surface area contributed by atoms with Crippen molar-refractivity contribution in [2.24, 2.45) is 11.8 Å². The third-order valence-corrected chi connectivity index (χ3v) is 8.40. The Morgan fingerprint density at radius 2 is 1.71 bits per heavy atom. The number of halogens is 2. The zero-order chi connectivity index (χ0) is 24.9. The number of hydrogen-bond acceptors (Lipinski definition) is 6. The number of pyridine rings is 1. The first-order valence-electron chi connectivity index (χ1n) is 13.0. The van der Waals surface area contributed by atoms with Crippen LogP contribution < -0.4 is 10.5 Å². The lowest BCUT2D eigenvalue weighted by molar-refractivity contribution is -0.0494. The maximum Gasteiger partial charge on any atom is 0.387 e. The molecule has 3 fully saturated rings. The molecule has 2 aromatic heterocycles. The Labute approximate surface area is 206 Å². The molecule has 1 saturated heterocycles. The van der Waals surface area contributed by atoms with Crippen molar-refractivity contribution in [1.82, 2.24) is 24.6 Å². The van der Waals surface area contributed by atoms with E-state index in [-0.39, 0.29) is 17.6 Å². The second kappa shape index (κ2) is 9.65. The monoisotopic (exact) mass is 488 g/mol. The Balaban J connectivity index is 1.33. The van der Waals surface area contributed by atoms with Gasteiger partial charge in [-0.2, -0.15) is 13.9 Å². The minimum Gasteiger partial charge on any atom is -0.431 e. The van der Waals surface area contributed by atoms with Gasteiger partial charge in [-0.25, -0.2) is 4.98 Å². The summed E-state index contributed by atoms with van der Waals surface area (Å²) in [6.45, 7) is 10.6. The molecule has 192 valence electrons. The van der Waals surface area contributed by atoms with Crippen LogP contribution in [0.1, 0.15) is 64.6 Å². The Kier molecular flexibility index (Phi) is 6.74. The van der Waals surface area contributed by atoms with E-state index in [1.165, 1.54) is 57.2 Å². The summed E-state index contributed by atoms with van der Waals surface area (Å²) >= 11 is 0. The van der Waals surface area contributed by atoms with Crippen LogP contribution in [-0.4, -0.2) is 69.4 Å². The molecule has 4 atom stereocenters. The van der Waals surface area contributed by atoms with E-state index < -0.39 is 6.61 Å². The van der Waals surface area contributed by atoms with Crippen molar-refractivity contribution in [1.29, 1.82) is 0 Å². The lowest BCUT2D eigenvalue weighted by Gasteiger charge is -2.43. The molecule has 9 heteroatoms. The molecule has 2 N–H and O–H groups in total. The van der Waals surface area contributed by atoms with Gasteiger partial charge in [-0.05, 0) is 70.9 Å². The number of fused-ring (bicyclic) bond motifs is 2. The van der Waals surface area contributed by atoms with E-state index >= 15 is 0 Å². The first-order chi connectivity index (χ1) is 16.7. The molecule has 2 aliphatic carbocycles. The first-order valence-corrected chi connectivity index (χ1v) is 13.0. The van der Waals surface area contributed by atoms with Crippen molar-refractivity contribution in [3.05, 3.63) is 24.0 Å². The number of anilines is 1. The van der Waals surface area contributed by atoms with E-state index in [1.54, 1.807) is 6.20 Å². The van der Waals surface area contributed by atoms with Crippen molar-refractivity contribution in [3.63, 3.8) is 0 Å². The largest absolute Gasteiger partial charge is 0.431 e. The summed E-state index contributed by atoms with van der Waals surface area (Å²) in [4.78, 5) is 9.39. The molecule has 3 heterocycles. The van der Waals surface area contributed by atoms with Crippen LogP contribution in [0.25, 0.3) is 11.3 Å². The van der Waals surface area contributed by atoms with Crippen LogP contribution in [0, 0.1) is 11.8 Å². The Morgan fingerprint density at radius 3 is 2.31 bits per heavy atom. The second-order valence-corrected chi connectivity index (χ2v) is 11.0. The minimum atomic E-state index is -2.95. The third-order valence-electron chi connectivity index (χ3n) is 8.40. The van der Waals surface area contributed by atoms with Gasteiger partial charge < -0.3 is 10.5 Å². The number of nitrogens with zero attached hydrogens (tertiary/aromatic N) is 5. The molecule has 2 saturated carbocycles. The number of nitrogens with two attached hydrogens (primary N) is 1. The molecule has 0 aromatic carbocycles. The summed E-state index contributed by atoms with van der Waals surface area (Å²) in [5.41, 5.74) is 8.35. The van der Waals surface area contributed by atoms with Gasteiger partial charge in [-0.15, -0.1) is 0 Å². The van der Waals surface area contributed by atoms with E-state index in [9.17, 15) is 8.78 Å². The topological polar surface area (TPSA) is 72.4 Å². The Morgan fingerprint density at radius 1 is 0.971 bits per heavy atom. The van der Waals surface area contributed by atoms with E-state index in [4.69, 9.17) is 10.8 Å². The number of hydrogen-bond donors (Lipinski definition) is 1. The Hall–Kier alpha value is -2.26. The molecule has 1 aliphatic heterocycles. The van der Waals surface area contributed by atoms with E-state index in [2.05, 4.69) is 58.0 Å². The molecule has 0 amide bonds. The molecular formula is C26H38F2N6O. The summed E-state index contributed by atoms with van der Waals surface area (Å²) in [6, 6.07) is 5.17. The maximum absolute atomic E-state index is 12.8. The summed E-state index contributed by atoms with van der Waals surface area (Å²) < 4.78 is 32.2. The molecule has 2 aromatic rings. The van der Waals surface area contributed by atoms with Crippen molar-refractivity contribution >= 4 is 5.82 Å². The molecule has 3 unspecified atom stereocenters. The summed E-state index contributed by atoms with van der Waals surface area (Å²) in [7, 11) is 0. The van der Waals surface area contributed by atoms with E-state index in [0.29, 0.717) is 29.5 Å². The van der Waals surface area contributed by atoms with E-state index in [0.717, 1.165) is 11.6 Å². The molecule has 2 bridgehead atoms. The van der Waals surface area contributed by atoms with Gasteiger partial charge in [0.25, 0.3) is 0 Å². The number of piperazine rings is 1. The zero-order valence-electron chi connectivity index (χ0n) is 21.2. The quantitative estimate of drug-likeness (QED) is 0.613. The summed E-state index contributed by atoms with van der Waals surface area (Å²) in [5.74, 6) is 1.72. The fraction of sp³-hybridized carbons (Fsp3) is 0.692. The first kappa shape index (κ1) is 24.4. The fourth-order valence-corrected chi connectivity index (χ4v) is 6.67. The Bertz CT molecular complexity index is 1030. The highest BCUT2D eigenvalue weighted by molar-refractivity contribution is 5.64. The zero-order valence-corrected chi connectivity index (χ0v) is 21.2. The lowest BCUT2D eigenvalue weighted by Crippen LogP contribution is -2.53. The van der Waals surface area contributed by atoms with Crippen LogP contribution in [0.15, 0.2) is 18.3 Å². The van der Waals surface area contributed by atoms with Crippen LogP contribution in [-0.2, 0) is 0 Å². The average molecular weight is 489 g/mol. The maximum atomic E-state index is 12.8. The molecule has 5 rings (SSSR count). The van der Waals surface area contributed by atoms with Gasteiger partial charge >= 0.3 is 6.61 Å². The SMILES string of the molecule is CC(C)N1CCN(C2C[C@@H]3CC2CC3c2cc(-c3cnc(N)c(OC(F)F)c3)nn2C(C)C)CC1. The number of aromatic nitrogens is 3. The van der Waals surface area contributed by atoms with Gasteiger partial charge in [-0.3, -0.25) is 14.5 Å². The van der Waals surface area contributed by atoms with Gasteiger partial charge in [0, 0.05) is 67.7 Å². The van der Waals surface area contributed by atoms with Gasteiger partial charge in [0.2, 0.25) is 0 Å². The molecule has 3 aliphatic rings. The van der Waals surface area contributed by atoms with Gasteiger partial charge in [0.05, 0.1) is 5.69 Å². The number of rotatable bonds is 7. The normalized spacial score (nSPS) is 27.6. The van der Waals surface area contributed by atoms with E-state index in [1.807, 2.05) is 0 Å². The molecule has 35 heavy (non-hydrogen) atoms. The molecule has 0 spiro atoms. The minimum absolute atomic E-state index is 0.0501. The molecule has 7 nitrogen and oxygen atoms in total. The highest BCUT2D eigenvalue weighted by Gasteiger charge is 2.49. The lowest BCUT2D eigenvalue weighted by atomic mass is 9.82. The highest BCUT2D eigenvalue weighted by atomic mass is 19.3. The van der Waals surface area contributed by atoms with Crippen molar-refractivity contribution < 1.29 is 13.5 Å². The number of ether oxygens (including phenoxy) is 1. The highest BCUT2D eigenvalue weighted by Crippen LogP contribution is 2.55. The predicted octanol–water partition coefficient (Wildman–Crippen LogP) is 4.62.